The lowest BCUT2D eigenvalue weighted by atomic mass is 10.4. The summed E-state index contributed by atoms with van der Waals surface area (Å²) in [4.78, 5) is 18.3. The van der Waals surface area contributed by atoms with Crippen molar-refractivity contribution >= 4 is 12.4 Å². The van der Waals surface area contributed by atoms with Crippen LogP contribution in [0, 0.1) is 0 Å². The van der Waals surface area contributed by atoms with Crippen molar-refractivity contribution in [3.63, 3.8) is 0 Å². The van der Waals surface area contributed by atoms with Gasteiger partial charge in [-0.3, -0.25) is 9.59 Å². The number of ether oxygens (including phenoxy) is 2. The molecular formula is C6H12O6. The number of hydrogen-bond acceptors (Lipinski definition) is 4. The Morgan fingerprint density at radius 2 is 1.83 bits per heavy atom. The van der Waals surface area contributed by atoms with E-state index >= 15 is 0 Å². The van der Waals surface area contributed by atoms with E-state index in [2.05, 4.69) is 9.47 Å². The highest BCUT2D eigenvalue weighted by Crippen LogP contribution is 1.95. The molecule has 0 aromatic rings. The van der Waals surface area contributed by atoms with E-state index in [1.807, 2.05) is 0 Å². The van der Waals surface area contributed by atoms with Gasteiger partial charge in [0, 0.05) is 14.2 Å². The van der Waals surface area contributed by atoms with Gasteiger partial charge in [-0.15, -0.1) is 0 Å². The van der Waals surface area contributed by atoms with E-state index in [-0.39, 0.29) is 12.9 Å². The van der Waals surface area contributed by atoms with Crippen LogP contribution in [0.2, 0.25) is 0 Å². The molecule has 0 bridgehead atoms. The molecule has 0 atom stereocenters. The molecular weight excluding hydrogens is 168 g/mol. The highest BCUT2D eigenvalue weighted by atomic mass is 16.7. The van der Waals surface area contributed by atoms with Gasteiger partial charge < -0.3 is 19.7 Å². The standard InChI is InChI=1S/C5H10O4.CH2O2/c1-8-5(9-2)3-4(6)7;2-1-3/h5H,3H2,1-2H3,(H,6,7);1H,(H,2,3). The second kappa shape index (κ2) is 9.86. The normalized spacial score (nSPS) is 8.58. The maximum Gasteiger partial charge on any atom is 0.308 e. The lowest BCUT2D eigenvalue weighted by Crippen LogP contribution is -2.17. The predicted molar refractivity (Wildman–Crippen MR) is 38.8 cm³/mol. The summed E-state index contributed by atoms with van der Waals surface area (Å²) in [7, 11) is 2.80. The Hall–Kier alpha value is -1.14. The molecule has 0 saturated carbocycles. The molecule has 0 aliphatic carbocycles. The number of methoxy groups -OCH3 is 2. The Balaban J connectivity index is 0. The van der Waals surface area contributed by atoms with Gasteiger partial charge in [-0.25, -0.2) is 0 Å². The molecule has 2 N–H and O–H groups in total. The summed E-state index contributed by atoms with van der Waals surface area (Å²) in [6.45, 7) is -0.250. The van der Waals surface area contributed by atoms with Crippen molar-refractivity contribution in [2.75, 3.05) is 14.2 Å². The first-order chi connectivity index (χ1) is 5.62. The molecule has 0 fully saturated rings. The molecule has 0 unspecified atom stereocenters. The third kappa shape index (κ3) is 11.6. The molecule has 0 heterocycles. The molecule has 0 radical (unpaired) electrons. The van der Waals surface area contributed by atoms with Crippen LogP contribution >= 0.6 is 0 Å². The Morgan fingerprint density at radius 3 is 1.92 bits per heavy atom. The van der Waals surface area contributed by atoms with Crippen molar-refractivity contribution in [2.24, 2.45) is 0 Å². The zero-order valence-corrected chi connectivity index (χ0v) is 6.89. The van der Waals surface area contributed by atoms with Crippen molar-refractivity contribution in [2.45, 2.75) is 12.7 Å². The van der Waals surface area contributed by atoms with E-state index in [1.165, 1.54) is 14.2 Å². The molecule has 0 aromatic heterocycles. The van der Waals surface area contributed by atoms with Crippen molar-refractivity contribution in [1.82, 2.24) is 0 Å². The van der Waals surface area contributed by atoms with Gasteiger partial charge in [-0.05, 0) is 0 Å². The number of carboxylic acid groups (broad SMARTS) is 2. The quantitative estimate of drug-likeness (QED) is 0.459. The molecule has 0 aromatic carbocycles. The van der Waals surface area contributed by atoms with Crippen LogP contribution in [-0.4, -0.2) is 43.2 Å². The van der Waals surface area contributed by atoms with Crippen LogP contribution < -0.4 is 0 Å². The molecule has 12 heavy (non-hydrogen) atoms. The second-order valence-corrected chi connectivity index (χ2v) is 1.60. The first-order valence-electron chi connectivity index (χ1n) is 2.97. The van der Waals surface area contributed by atoms with Gasteiger partial charge >= 0.3 is 5.97 Å². The second-order valence-electron chi connectivity index (χ2n) is 1.60. The SMILES string of the molecule is COC(CC(=O)O)OC.O=CO. The van der Waals surface area contributed by atoms with E-state index in [9.17, 15) is 4.79 Å². The first kappa shape index (κ1) is 13.4. The number of carboxylic acids is 1. The minimum Gasteiger partial charge on any atom is -0.483 e. The zero-order chi connectivity index (χ0) is 9.98. The van der Waals surface area contributed by atoms with E-state index in [4.69, 9.17) is 15.0 Å². The Kier molecular flexibility index (Phi) is 11.1. The lowest BCUT2D eigenvalue weighted by Gasteiger charge is -2.08. The summed E-state index contributed by atoms with van der Waals surface area (Å²) in [5, 5.41) is 15.1. The Bertz CT molecular complexity index is 119. The molecule has 0 aliphatic rings. The van der Waals surface area contributed by atoms with Crippen LogP contribution in [0.3, 0.4) is 0 Å². The number of aliphatic carboxylic acids is 1. The van der Waals surface area contributed by atoms with Gasteiger partial charge in [-0.1, -0.05) is 0 Å². The van der Waals surface area contributed by atoms with Gasteiger partial charge in [0.15, 0.2) is 6.29 Å². The van der Waals surface area contributed by atoms with Gasteiger partial charge in [0.05, 0.1) is 6.42 Å². The van der Waals surface area contributed by atoms with E-state index in [0.717, 1.165) is 0 Å². The van der Waals surface area contributed by atoms with Crippen molar-refractivity contribution in [1.29, 1.82) is 0 Å². The minimum atomic E-state index is -0.927. The molecule has 0 rings (SSSR count). The highest BCUT2D eigenvalue weighted by Gasteiger charge is 2.08. The third-order valence-electron chi connectivity index (χ3n) is 0.867. The van der Waals surface area contributed by atoms with Gasteiger partial charge in [0.1, 0.15) is 0 Å². The van der Waals surface area contributed by atoms with E-state index in [1.54, 1.807) is 0 Å². The molecule has 6 nitrogen and oxygen atoms in total. The van der Waals surface area contributed by atoms with Crippen molar-refractivity contribution in [3.05, 3.63) is 0 Å². The fourth-order valence-electron chi connectivity index (χ4n) is 0.405. The van der Waals surface area contributed by atoms with Crippen LogP contribution in [0.5, 0.6) is 0 Å². The summed E-state index contributed by atoms with van der Waals surface area (Å²) in [6.07, 6.45) is -0.741. The summed E-state index contributed by atoms with van der Waals surface area (Å²) in [5.74, 6) is -0.927. The number of carbonyl (C=O) groups is 2. The summed E-state index contributed by atoms with van der Waals surface area (Å²) in [5.41, 5.74) is 0. The van der Waals surface area contributed by atoms with Gasteiger partial charge in [0.2, 0.25) is 0 Å². The van der Waals surface area contributed by atoms with Gasteiger partial charge in [0.25, 0.3) is 6.47 Å². The van der Waals surface area contributed by atoms with Crippen LogP contribution in [0.25, 0.3) is 0 Å². The minimum absolute atomic E-state index is 0.118. The van der Waals surface area contributed by atoms with Crippen LogP contribution in [0.4, 0.5) is 0 Å². The first-order valence-corrected chi connectivity index (χ1v) is 2.97. The fraction of sp³-hybridized carbons (Fsp3) is 0.667. The van der Waals surface area contributed by atoms with Crippen LogP contribution in [-0.2, 0) is 19.1 Å². The van der Waals surface area contributed by atoms with E-state index in [0.29, 0.717) is 0 Å². The molecule has 0 aliphatic heterocycles. The lowest BCUT2D eigenvalue weighted by molar-refractivity contribution is -0.153. The van der Waals surface area contributed by atoms with Crippen LogP contribution in [0.15, 0.2) is 0 Å². The monoisotopic (exact) mass is 180 g/mol. The molecule has 6 heteroatoms. The highest BCUT2D eigenvalue weighted by molar-refractivity contribution is 5.67. The van der Waals surface area contributed by atoms with E-state index < -0.39 is 12.3 Å². The molecule has 0 amide bonds. The summed E-state index contributed by atoms with van der Waals surface area (Å²) < 4.78 is 9.21. The van der Waals surface area contributed by atoms with Crippen molar-refractivity contribution in [3.8, 4) is 0 Å². The maximum atomic E-state index is 9.97. The van der Waals surface area contributed by atoms with Gasteiger partial charge in [-0.2, -0.15) is 0 Å². The topological polar surface area (TPSA) is 93.1 Å². The molecule has 72 valence electrons. The Labute approximate surface area is 69.7 Å². The Morgan fingerprint density at radius 1 is 1.50 bits per heavy atom. The molecule has 0 saturated heterocycles. The van der Waals surface area contributed by atoms with Crippen molar-refractivity contribution < 1.29 is 29.3 Å². The summed E-state index contributed by atoms with van der Waals surface area (Å²) >= 11 is 0. The average molecular weight is 180 g/mol. The number of rotatable bonds is 4. The maximum absolute atomic E-state index is 9.97. The summed E-state index contributed by atoms with van der Waals surface area (Å²) in [6, 6.07) is 0. The molecule has 0 spiro atoms. The number of hydrogen-bond donors (Lipinski definition) is 2. The predicted octanol–water partition coefficient (Wildman–Crippen LogP) is -0.219. The largest absolute Gasteiger partial charge is 0.483 e. The average Bonchev–Trinajstić information content (AvgIpc) is 2.01. The van der Waals surface area contributed by atoms with Crippen LogP contribution in [0.1, 0.15) is 6.42 Å². The fourth-order valence-corrected chi connectivity index (χ4v) is 0.405. The zero-order valence-electron chi connectivity index (χ0n) is 6.89. The third-order valence-corrected chi connectivity index (χ3v) is 0.867. The smallest absolute Gasteiger partial charge is 0.308 e.